The van der Waals surface area contributed by atoms with Gasteiger partial charge in [-0.25, -0.2) is 0 Å². The van der Waals surface area contributed by atoms with Crippen molar-refractivity contribution in [2.24, 2.45) is 5.92 Å². The van der Waals surface area contributed by atoms with Crippen molar-refractivity contribution in [2.75, 3.05) is 19.6 Å². The smallest absolute Gasteiger partial charge is 0.0753 e. The van der Waals surface area contributed by atoms with Gasteiger partial charge < -0.3 is 10.0 Å². The van der Waals surface area contributed by atoms with E-state index in [9.17, 15) is 5.11 Å². The van der Waals surface area contributed by atoms with Crippen molar-refractivity contribution in [3.63, 3.8) is 0 Å². The summed E-state index contributed by atoms with van der Waals surface area (Å²) in [5.74, 6) is 0.658. The number of hydrogen-bond donors (Lipinski definition) is 1. The Morgan fingerprint density at radius 3 is 2.57 bits per heavy atom. The molecule has 2 nitrogen and oxygen atoms in total. The maximum Gasteiger partial charge on any atom is 0.0753 e. The van der Waals surface area contributed by atoms with Crippen LogP contribution in [-0.2, 0) is 0 Å². The van der Waals surface area contributed by atoms with Gasteiger partial charge >= 0.3 is 0 Å². The van der Waals surface area contributed by atoms with Gasteiger partial charge in [-0.2, -0.15) is 0 Å². The molecule has 0 spiro atoms. The van der Waals surface area contributed by atoms with Gasteiger partial charge in [-0.15, -0.1) is 0 Å². The van der Waals surface area contributed by atoms with Crippen LogP contribution < -0.4 is 0 Å². The van der Waals surface area contributed by atoms with Crippen LogP contribution in [0.1, 0.15) is 56.9 Å². The second-order valence-corrected chi connectivity index (χ2v) is 7.11. The van der Waals surface area contributed by atoms with Gasteiger partial charge in [0.15, 0.2) is 0 Å². The zero-order valence-electron chi connectivity index (χ0n) is 13.3. The Morgan fingerprint density at radius 2 is 1.86 bits per heavy atom. The van der Waals surface area contributed by atoms with Crippen molar-refractivity contribution in [3.05, 3.63) is 35.9 Å². The van der Waals surface area contributed by atoms with E-state index in [0.29, 0.717) is 11.8 Å². The molecule has 3 atom stereocenters. The standard InChI is InChI=1S/C19H29NO/c1-16(15-20-13-7-8-14-20)19(21)12-6-5-11-18(19)17-9-3-2-4-10-17/h2-4,9-10,16,18,21H,5-8,11-15H2,1H3. The van der Waals surface area contributed by atoms with Crippen LogP contribution in [0.25, 0.3) is 0 Å². The molecule has 0 amide bonds. The molecular weight excluding hydrogens is 258 g/mol. The molecule has 1 saturated heterocycles. The highest BCUT2D eigenvalue weighted by atomic mass is 16.3. The van der Waals surface area contributed by atoms with E-state index in [-0.39, 0.29) is 0 Å². The molecule has 3 unspecified atom stereocenters. The summed E-state index contributed by atoms with van der Waals surface area (Å²) in [6.07, 6.45) is 7.16. The fourth-order valence-electron chi connectivity index (χ4n) is 4.42. The van der Waals surface area contributed by atoms with Crippen LogP contribution in [0.4, 0.5) is 0 Å². The maximum absolute atomic E-state index is 11.5. The van der Waals surface area contributed by atoms with Crippen molar-refractivity contribution < 1.29 is 5.11 Å². The molecule has 3 rings (SSSR count). The molecule has 1 heterocycles. The van der Waals surface area contributed by atoms with E-state index in [4.69, 9.17) is 0 Å². The maximum atomic E-state index is 11.5. The van der Waals surface area contributed by atoms with E-state index in [1.807, 2.05) is 0 Å². The van der Waals surface area contributed by atoms with Crippen LogP contribution >= 0.6 is 0 Å². The molecule has 116 valence electrons. The Morgan fingerprint density at radius 1 is 1.14 bits per heavy atom. The van der Waals surface area contributed by atoms with Crippen molar-refractivity contribution in [1.29, 1.82) is 0 Å². The lowest BCUT2D eigenvalue weighted by Crippen LogP contribution is -2.48. The Labute approximate surface area is 129 Å². The molecule has 21 heavy (non-hydrogen) atoms. The van der Waals surface area contributed by atoms with Gasteiger partial charge in [-0.1, -0.05) is 50.1 Å². The number of hydrogen-bond acceptors (Lipinski definition) is 2. The van der Waals surface area contributed by atoms with Crippen molar-refractivity contribution in [3.8, 4) is 0 Å². The Balaban J connectivity index is 1.77. The molecular formula is C19H29NO. The molecule has 2 heteroatoms. The van der Waals surface area contributed by atoms with Gasteiger partial charge in [0, 0.05) is 12.5 Å². The molecule has 0 bridgehead atoms. The van der Waals surface area contributed by atoms with Gasteiger partial charge in [0.1, 0.15) is 0 Å². The van der Waals surface area contributed by atoms with Crippen LogP contribution in [0.3, 0.4) is 0 Å². The second-order valence-electron chi connectivity index (χ2n) is 7.11. The molecule has 1 aliphatic carbocycles. The SMILES string of the molecule is CC(CN1CCCC1)C1(O)CCCCC1c1ccccc1. The highest BCUT2D eigenvalue weighted by Gasteiger charge is 2.44. The highest BCUT2D eigenvalue weighted by Crippen LogP contribution is 2.45. The molecule has 2 aliphatic rings. The lowest BCUT2D eigenvalue weighted by molar-refractivity contribution is -0.0692. The summed E-state index contributed by atoms with van der Waals surface area (Å²) in [6, 6.07) is 10.7. The normalized spacial score (nSPS) is 32.2. The fourth-order valence-corrected chi connectivity index (χ4v) is 4.42. The van der Waals surface area contributed by atoms with Crippen LogP contribution in [0.5, 0.6) is 0 Å². The Hall–Kier alpha value is -0.860. The average molecular weight is 287 g/mol. The van der Waals surface area contributed by atoms with Crippen molar-refractivity contribution >= 4 is 0 Å². The summed E-state index contributed by atoms with van der Waals surface area (Å²) >= 11 is 0. The van der Waals surface area contributed by atoms with Crippen molar-refractivity contribution in [1.82, 2.24) is 4.90 Å². The summed E-state index contributed by atoms with van der Waals surface area (Å²) in [5.41, 5.74) is 0.801. The average Bonchev–Trinajstić information content (AvgIpc) is 3.01. The summed E-state index contributed by atoms with van der Waals surface area (Å²) in [4.78, 5) is 2.54. The first-order valence-electron chi connectivity index (χ1n) is 8.70. The van der Waals surface area contributed by atoms with E-state index in [0.717, 1.165) is 19.4 Å². The topological polar surface area (TPSA) is 23.5 Å². The third-order valence-electron chi connectivity index (χ3n) is 5.71. The molecule has 1 aliphatic heterocycles. The van der Waals surface area contributed by atoms with Crippen LogP contribution in [-0.4, -0.2) is 35.2 Å². The van der Waals surface area contributed by atoms with E-state index >= 15 is 0 Å². The van der Waals surface area contributed by atoms with Gasteiger partial charge in [0.2, 0.25) is 0 Å². The minimum Gasteiger partial charge on any atom is -0.389 e. The molecule has 0 aromatic heterocycles. The Bertz CT molecular complexity index is 440. The minimum atomic E-state index is -0.526. The molecule has 0 radical (unpaired) electrons. The van der Waals surface area contributed by atoms with Crippen molar-refractivity contribution in [2.45, 2.75) is 57.0 Å². The summed E-state index contributed by atoms with van der Waals surface area (Å²) in [5, 5.41) is 11.5. The van der Waals surface area contributed by atoms with E-state index < -0.39 is 5.60 Å². The first-order chi connectivity index (χ1) is 10.2. The number of rotatable bonds is 4. The van der Waals surface area contributed by atoms with E-state index in [1.54, 1.807) is 0 Å². The number of benzene rings is 1. The van der Waals surface area contributed by atoms with Crippen LogP contribution in [0, 0.1) is 5.92 Å². The predicted molar refractivity (Wildman–Crippen MR) is 87.4 cm³/mol. The molecule has 1 aromatic carbocycles. The monoisotopic (exact) mass is 287 g/mol. The molecule has 1 N–H and O–H groups in total. The van der Waals surface area contributed by atoms with Crippen LogP contribution in [0.2, 0.25) is 0 Å². The Kier molecular flexibility index (Phi) is 4.66. The summed E-state index contributed by atoms with van der Waals surface area (Å²) in [7, 11) is 0. The van der Waals surface area contributed by atoms with Gasteiger partial charge in [-0.3, -0.25) is 0 Å². The zero-order chi connectivity index (χ0) is 14.7. The summed E-state index contributed by atoms with van der Waals surface area (Å²) in [6.45, 7) is 5.76. The number of nitrogens with zero attached hydrogens (tertiary/aromatic N) is 1. The number of likely N-dealkylation sites (tertiary alicyclic amines) is 1. The first kappa shape index (κ1) is 15.1. The third-order valence-corrected chi connectivity index (χ3v) is 5.71. The first-order valence-corrected chi connectivity index (χ1v) is 8.70. The fraction of sp³-hybridized carbons (Fsp3) is 0.684. The van der Waals surface area contributed by atoms with Crippen LogP contribution in [0.15, 0.2) is 30.3 Å². The third kappa shape index (κ3) is 3.17. The zero-order valence-corrected chi connectivity index (χ0v) is 13.3. The minimum absolute atomic E-state index is 0.310. The van der Waals surface area contributed by atoms with Gasteiger partial charge in [0.05, 0.1) is 5.60 Å². The van der Waals surface area contributed by atoms with Gasteiger partial charge in [0.25, 0.3) is 0 Å². The molecule has 1 aromatic rings. The van der Waals surface area contributed by atoms with E-state index in [2.05, 4.69) is 42.2 Å². The lowest BCUT2D eigenvalue weighted by atomic mass is 9.66. The lowest BCUT2D eigenvalue weighted by Gasteiger charge is -2.45. The quantitative estimate of drug-likeness (QED) is 0.910. The van der Waals surface area contributed by atoms with Gasteiger partial charge in [-0.05, 0) is 50.3 Å². The predicted octanol–water partition coefficient (Wildman–Crippen LogP) is 3.81. The largest absolute Gasteiger partial charge is 0.389 e. The number of aliphatic hydroxyl groups is 1. The molecule has 1 saturated carbocycles. The summed E-state index contributed by atoms with van der Waals surface area (Å²) < 4.78 is 0. The second kappa shape index (κ2) is 6.50. The molecule has 2 fully saturated rings. The van der Waals surface area contributed by atoms with E-state index in [1.165, 1.54) is 44.3 Å². The highest BCUT2D eigenvalue weighted by molar-refractivity contribution is 5.24.